The number of carbonyl (C=O) groups is 4. The summed E-state index contributed by atoms with van der Waals surface area (Å²) in [5, 5.41) is 2.22. The summed E-state index contributed by atoms with van der Waals surface area (Å²) >= 11 is 0. The molecule has 0 atom stereocenters. The standard InChI is InChI=1S/C13H18N2O5/c1-2-20-9(16)5-8-15-11(18)13(6-3-4-7-13)10(17)14-12(15)19/h2-8H2,1H3,(H,14,17,19). The van der Waals surface area contributed by atoms with Crippen LogP contribution in [0, 0.1) is 5.41 Å². The summed E-state index contributed by atoms with van der Waals surface area (Å²) in [7, 11) is 0. The van der Waals surface area contributed by atoms with E-state index in [1.54, 1.807) is 6.92 Å². The van der Waals surface area contributed by atoms with Gasteiger partial charge in [-0.2, -0.15) is 0 Å². The van der Waals surface area contributed by atoms with Gasteiger partial charge in [0.1, 0.15) is 5.41 Å². The van der Waals surface area contributed by atoms with Crippen LogP contribution in [0.25, 0.3) is 0 Å². The second-order valence-electron chi connectivity index (χ2n) is 5.06. The Morgan fingerprint density at radius 2 is 1.95 bits per heavy atom. The number of hydrogen-bond acceptors (Lipinski definition) is 5. The van der Waals surface area contributed by atoms with Gasteiger partial charge in [-0.05, 0) is 19.8 Å². The maximum absolute atomic E-state index is 12.4. The Labute approximate surface area is 116 Å². The van der Waals surface area contributed by atoms with Crippen LogP contribution in [0.4, 0.5) is 4.79 Å². The van der Waals surface area contributed by atoms with Crippen LogP contribution in [0.2, 0.25) is 0 Å². The third-order valence-corrected chi connectivity index (χ3v) is 3.86. The monoisotopic (exact) mass is 282 g/mol. The fourth-order valence-corrected chi connectivity index (χ4v) is 2.79. The van der Waals surface area contributed by atoms with E-state index in [0.29, 0.717) is 12.8 Å². The molecular formula is C13H18N2O5. The first kappa shape index (κ1) is 14.5. The lowest BCUT2D eigenvalue weighted by Gasteiger charge is -2.36. The zero-order chi connectivity index (χ0) is 14.8. The quantitative estimate of drug-likeness (QED) is 0.601. The molecule has 110 valence electrons. The van der Waals surface area contributed by atoms with Crippen LogP contribution >= 0.6 is 0 Å². The molecule has 4 amide bonds. The minimum Gasteiger partial charge on any atom is -0.466 e. The van der Waals surface area contributed by atoms with Gasteiger partial charge in [0.2, 0.25) is 11.8 Å². The van der Waals surface area contributed by atoms with Crippen molar-refractivity contribution in [2.24, 2.45) is 5.41 Å². The van der Waals surface area contributed by atoms with E-state index in [1.165, 1.54) is 0 Å². The number of barbiturate groups is 1. The molecule has 1 spiro atoms. The van der Waals surface area contributed by atoms with E-state index in [1.807, 2.05) is 0 Å². The van der Waals surface area contributed by atoms with E-state index in [0.717, 1.165) is 17.7 Å². The van der Waals surface area contributed by atoms with Crippen molar-refractivity contribution in [2.45, 2.75) is 39.0 Å². The Morgan fingerprint density at radius 3 is 2.55 bits per heavy atom. The summed E-state index contributed by atoms with van der Waals surface area (Å²) in [6, 6.07) is -0.748. The number of nitrogens with one attached hydrogen (secondary N) is 1. The van der Waals surface area contributed by atoms with Gasteiger partial charge in [0.05, 0.1) is 13.0 Å². The van der Waals surface area contributed by atoms with Crippen LogP contribution in [0.15, 0.2) is 0 Å². The Balaban J connectivity index is 2.08. The topological polar surface area (TPSA) is 92.8 Å². The fourth-order valence-electron chi connectivity index (χ4n) is 2.79. The molecule has 1 aliphatic carbocycles. The molecule has 2 aliphatic rings. The largest absolute Gasteiger partial charge is 0.466 e. The van der Waals surface area contributed by atoms with Crippen LogP contribution in [-0.4, -0.2) is 41.9 Å². The average Bonchev–Trinajstić information content (AvgIpc) is 2.87. The Hall–Kier alpha value is -1.92. The highest BCUT2D eigenvalue weighted by Crippen LogP contribution is 2.41. The number of carbonyl (C=O) groups excluding carboxylic acids is 4. The lowest BCUT2D eigenvalue weighted by atomic mass is 9.82. The normalized spacial score (nSPS) is 21.2. The second-order valence-corrected chi connectivity index (χ2v) is 5.06. The molecule has 1 heterocycles. The molecule has 0 unspecified atom stereocenters. The smallest absolute Gasteiger partial charge is 0.330 e. The van der Waals surface area contributed by atoms with Crippen molar-refractivity contribution in [3.63, 3.8) is 0 Å². The summed E-state index contributed by atoms with van der Waals surface area (Å²) in [6.07, 6.45) is 2.44. The van der Waals surface area contributed by atoms with Gasteiger partial charge >= 0.3 is 12.0 Å². The molecule has 7 heteroatoms. The molecule has 2 rings (SSSR count). The summed E-state index contributed by atoms with van der Waals surface area (Å²) in [5.41, 5.74) is -1.11. The fraction of sp³-hybridized carbons (Fsp3) is 0.692. The van der Waals surface area contributed by atoms with Crippen molar-refractivity contribution in [3.8, 4) is 0 Å². The van der Waals surface area contributed by atoms with Crippen molar-refractivity contribution in [3.05, 3.63) is 0 Å². The molecule has 1 aliphatic heterocycles. The maximum Gasteiger partial charge on any atom is 0.330 e. The van der Waals surface area contributed by atoms with Crippen LogP contribution in [-0.2, 0) is 19.1 Å². The van der Waals surface area contributed by atoms with Gasteiger partial charge in [-0.1, -0.05) is 12.8 Å². The van der Waals surface area contributed by atoms with E-state index in [-0.39, 0.29) is 19.6 Å². The summed E-state index contributed by atoms with van der Waals surface area (Å²) in [4.78, 5) is 48.4. The third-order valence-electron chi connectivity index (χ3n) is 3.86. The zero-order valence-corrected chi connectivity index (χ0v) is 11.4. The first-order valence-corrected chi connectivity index (χ1v) is 6.84. The summed E-state index contributed by atoms with van der Waals surface area (Å²) in [6.45, 7) is 1.88. The van der Waals surface area contributed by atoms with Crippen molar-refractivity contribution in [1.82, 2.24) is 10.2 Å². The predicted octanol–water partition coefficient (Wildman–Crippen LogP) is 0.578. The molecule has 0 aromatic carbocycles. The minimum absolute atomic E-state index is 0.0570. The van der Waals surface area contributed by atoms with Crippen molar-refractivity contribution < 1.29 is 23.9 Å². The molecule has 20 heavy (non-hydrogen) atoms. The first-order valence-electron chi connectivity index (χ1n) is 6.84. The second kappa shape index (κ2) is 5.60. The lowest BCUT2D eigenvalue weighted by molar-refractivity contribution is -0.151. The van der Waals surface area contributed by atoms with E-state index in [4.69, 9.17) is 4.74 Å². The number of amides is 4. The van der Waals surface area contributed by atoms with Gasteiger partial charge in [0.15, 0.2) is 0 Å². The number of rotatable bonds is 4. The number of urea groups is 1. The van der Waals surface area contributed by atoms with Crippen LogP contribution in [0.3, 0.4) is 0 Å². The van der Waals surface area contributed by atoms with E-state index >= 15 is 0 Å². The first-order chi connectivity index (χ1) is 9.51. The Morgan fingerprint density at radius 1 is 1.30 bits per heavy atom. The van der Waals surface area contributed by atoms with Gasteiger partial charge in [-0.25, -0.2) is 4.79 Å². The van der Waals surface area contributed by atoms with Crippen molar-refractivity contribution >= 4 is 23.8 Å². The number of imide groups is 2. The molecule has 2 fully saturated rings. The number of nitrogens with zero attached hydrogens (tertiary/aromatic N) is 1. The van der Waals surface area contributed by atoms with Crippen molar-refractivity contribution in [1.29, 1.82) is 0 Å². The van der Waals surface area contributed by atoms with E-state index in [2.05, 4.69) is 5.32 Å². The number of esters is 1. The molecular weight excluding hydrogens is 264 g/mol. The number of hydrogen-bond donors (Lipinski definition) is 1. The lowest BCUT2D eigenvalue weighted by Crippen LogP contribution is -2.63. The van der Waals surface area contributed by atoms with Crippen molar-refractivity contribution in [2.75, 3.05) is 13.2 Å². The van der Waals surface area contributed by atoms with Crippen LogP contribution < -0.4 is 5.32 Å². The van der Waals surface area contributed by atoms with Crippen LogP contribution in [0.5, 0.6) is 0 Å². The van der Waals surface area contributed by atoms with Gasteiger partial charge in [0.25, 0.3) is 0 Å². The SMILES string of the molecule is CCOC(=O)CCN1C(=O)NC(=O)C2(CCCC2)C1=O. The summed E-state index contributed by atoms with van der Waals surface area (Å²) < 4.78 is 4.77. The predicted molar refractivity (Wildman–Crippen MR) is 67.4 cm³/mol. The Bertz CT molecular complexity index is 454. The zero-order valence-electron chi connectivity index (χ0n) is 11.4. The summed E-state index contributed by atoms with van der Waals surface area (Å²) in [5.74, 6) is -1.45. The molecule has 0 aromatic rings. The van der Waals surface area contributed by atoms with E-state index in [9.17, 15) is 19.2 Å². The molecule has 7 nitrogen and oxygen atoms in total. The van der Waals surface area contributed by atoms with Gasteiger partial charge < -0.3 is 4.74 Å². The highest BCUT2D eigenvalue weighted by molar-refractivity contribution is 6.19. The van der Waals surface area contributed by atoms with Gasteiger partial charge in [0, 0.05) is 6.54 Å². The molecule has 1 saturated carbocycles. The molecule has 0 aromatic heterocycles. The highest BCUT2D eigenvalue weighted by Gasteiger charge is 2.54. The molecule has 1 N–H and O–H groups in total. The maximum atomic E-state index is 12.4. The molecule has 0 bridgehead atoms. The minimum atomic E-state index is -1.11. The molecule has 0 radical (unpaired) electrons. The third kappa shape index (κ3) is 2.39. The van der Waals surface area contributed by atoms with Crippen LogP contribution in [0.1, 0.15) is 39.0 Å². The van der Waals surface area contributed by atoms with Gasteiger partial charge in [-0.3, -0.25) is 24.6 Å². The average molecular weight is 282 g/mol. The highest BCUT2D eigenvalue weighted by atomic mass is 16.5. The Kier molecular flexibility index (Phi) is 4.06. The molecule has 1 saturated heterocycles. The van der Waals surface area contributed by atoms with Gasteiger partial charge in [-0.15, -0.1) is 0 Å². The number of ether oxygens (including phenoxy) is 1. The van der Waals surface area contributed by atoms with E-state index < -0.39 is 29.2 Å².